The van der Waals surface area contributed by atoms with E-state index in [1.807, 2.05) is 42.8 Å². The molecule has 0 saturated carbocycles. The van der Waals surface area contributed by atoms with Gasteiger partial charge in [-0.25, -0.2) is 0 Å². The molecule has 0 aliphatic heterocycles. The van der Waals surface area contributed by atoms with Crippen molar-refractivity contribution in [3.8, 4) is 0 Å². The summed E-state index contributed by atoms with van der Waals surface area (Å²) in [5.74, 6) is -0.202. The molecule has 3 aromatic rings. The summed E-state index contributed by atoms with van der Waals surface area (Å²) in [6.45, 7) is 4.35. The Morgan fingerprint density at radius 1 is 1.29 bits per heavy atom. The Labute approximate surface area is 145 Å². The fraction of sp³-hybridized carbons (Fsp3) is 0.235. The standard InChI is InChI=1S/C17H18ClN5O/c1-11-16(20-17(24)14-8-19-22(3)9-14)12(2)23(21-11)10-13-6-4-5-7-15(13)18/h4-9H,10H2,1-3H3,(H,20,24). The Bertz CT molecular complexity index is 896. The molecule has 2 aromatic heterocycles. The van der Waals surface area contributed by atoms with Gasteiger partial charge in [-0.15, -0.1) is 0 Å². The molecule has 0 aliphatic rings. The average molecular weight is 344 g/mol. The van der Waals surface area contributed by atoms with Crippen molar-refractivity contribution in [3.63, 3.8) is 0 Å². The number of benzene rings is 1. The molecule has 0 unspecified atom stereocenters. The second kappa shape index (κ2) is 6.49. The quantitative estimate of drug-likeness (QED) is 0.791. The van der Waals surface area contributed by atoms with Gasteiger partial charge < -0.3 is 5.32 Å². The van der Waals surface area contributed by atoms with Crippen LogP contribution in [0.3, 0.4) is 0 Å². The number of halogens is 1. The molecule has 1 aromatic carbocycles. The van der Waals surface area contributed by atoms with Crippen molar-refractivity contribution in [2.75, 3.05) is 5.32 Å². The molecule has 24 heavy (non-hydrogen) atoms. The minimum atomic E-state index is -0.202. The van der Waals surface area contributed by atoms with Crippen LogP contribution in [-0.4, -0.2) is 25.5 Å². The SMILES string of the molecule is Cc1nn(Cc2ccccc2Cl)c(C)c1NC(=O)c1cnn(C)c1. The summed E-state index contributed by atoms with van der Waals surface area (Å²) in [6.07, 6.45) is 3.21. The van der Waals surface area contributed by atoms with Gasteiger partial charge in [0.1, 0.15) is 0 Å². The van der Waals surface area contributed by atoms with Crippen LogP contribution in [0.15, 0.2) is 36.7 Å². The number of carbonyl (C=O) groups excluding carboxylic acids is 1. The molecule has 124 valence electrons. The molecule has 0 bridgehead atoms. The van der Waals surface area contributed by atoms with Crippen LogP contribution < -0.4 is 5.32 Å². The van der Waals surface area contributed by atoms with Gasteiger partial charge in [0.15, 0.2) is 0 Å². The first kappa shape index (κ1) is 16.3. The fourth-order valence-corrected chi connectivity index (χ4v) is 2.74. The lowest BCUT2D eigenvalue weighted by atomic mass is 10.2. The fourth-order valence-electron chi connectivity index (χ4n) is 2.54. The van der Waals surface area contributed by atoms with E-state index in [4.69, 9.17) is 11.6 Å². The number of hydrogen-bond donors (Lipinski definition) is 1. The molecule has 1 amide bonds. The van der Waals surface area contributed by atoms with Gasteiger partial charge in [0.2, 0.25) is 0 Å². The lowest BCUT2D eigenvalue weighted by molar-refractivity contribution is 0.102. The summed E-state index contributed by atoms with van der Waals surface area (Å²) in [4.78, 5) is 12.3. The number of amides is 1. The van der Waals surface area contributed by atoms with Gasteiger partial charge >= 0.3 is 0 Å². The maximum absolute atomic E-state index is 12.3. The van der Waals surface area contributed by atoms with E-state index in [9.17, 15) is 4.79 Å². The highest BCUT2D eigenvalue weighted by Crippen LogP contribution is 2.23. The van der Waals surface area contributed by atoms with Gasteiger partial charge in [0.05, 0.1) is 35.4 Å². The van der Waals surface area contributed by atoms with Crippen LogP contribution in [0.5, 0.6) is 0 Å². The zero-order valence-corrected chi connectivity index (χ0v) is 14.5. The molecule has 7 heteroatoms. The molecule has 6 nitrogen and oxygen atoms in total. The second-order valence-corrected chi connectivity index (χ2v) is 6.06. The van der Waals surface area contributed by atoms with Crippen molar-refractivity contribution >= 4 is 23.2 Å². The predicted molar refractivity (Wildman–Crippen MR) is 93.4 cm³/mol. The first-order chi connectivity index (χ1) is 11.5. The van der Waals surface area contributed by atoms with Crippen molar-refractivity contribution in [1.82, 2.24) is 19.6 Å². The largest absolute Gasteiger partial charge is 0.319 e. The zero-order valence-electron chi connectivity index (χ0n) is 13.7. The highest BCUT2D eigenvalue weighted by Gasteiger charge is 2.16. The first-order valence-corrected chi connectivity index (χ1v) is 7.91. The van der Waals surface area contributed by atoms with Crippen LogP contribution >= 0.6 is 11.6 Å². The number of anilines is 1. The Balaban J connectivity index is 1.84. The van der Waals surface area contributed by atoms with E-state index in [0.29, 0.717) is 17.1 Å². The third kappa shape index (κ3) is 3.19. The third-order valence-corrected chi connectivity index (χ3v) is 4.23. The van der Waals surface area contributed by atoms with E-state index in [0.717, 1.165) is 22.6 Å². The second-order valence-electron chi connectivity index (χ2n) is 5.65. The molecule has 0 saturated heterocycles. The molecule has 3 rings (SSSR count). The first-order valence-electron chi connectivity index (χ1n) is 7.53. The van der Waals surface area contributed by atoms with Crippen molar-refractivity contribution < 1.29 is 4.79 Å². The van der Waals surface area contributed by atoms with Gasteiger partial charge in [-0.1, -0.05) is 29.8 Å². The van der Waals surface area contributed by atoms with E-state index in [2.05, 4.69) is 15.5 Å². The minimum Gasteiger partial charge on any atom is -0.319 e. The van der Waals surface area contributed by atoms with Crippen molar-refractivity contribution in [2.45, 2.75) is 20.4 Å². The van der Waals surface area contributed by atoms with E-state index in [1.54, 1.807) is 17.9 Å². The number of aromatic nitrogens is 4. The van der Waals surface area contributed by atoms with Crippen LogP contribution in [-0.2, 0) is 13.6 Å². The average Bonchev–Trinajstić information content (AvgIpc) is 3.09. The van der Waals surface area contributed by atoms with Crippen LogP contribution in [0.4, 0.5) is 5.69 Å². The summed E-state index contributed by atoms with van der Waals surface area (Å²) in [6, 6.07) is 7.66. The topological polar surface area (TPSA) is 64.7 Å². The normalized spacial score (nSPS) is 10.8. The molecule has 2 heterocycles. The number of rotatable bonds is 4. The zero-order chi connectivity index (χ0) is 17.3. The Morgan fingerprint density at radius 2 is 2.04 bits per heavy atom. The molecule has 0 radical (unpaired) electrons. The molecule has 1 N–H and O–H groups in total. The van der Waals surface area contributed by atoms with Crippen LogP contribution in [0, 0.1) is 13.8 Å². The van der Waals surface area contributed by atoms with Crippen molar-refractivity contribution in [3.05, 3.63) is 64.2 Å². The molecular weight excluding hydrogens is 326 g/mol. The maximum Gasteiger partial charge on any atom is 0.258 e. The summed E-state index contributed by atoms with van der Waals surface area (Å²) in [7, 11) is 1.77. The maximum atomic E-state index is 12.3. The summed E-state index contributed by atoms with van der Waals surface area (Å²) in [5, 5.41) is 12.2. The van der Waals surface area contributed by atoms with Crippen LogP contribution in [0.1, 0.15) is 27.3 Å². The molecule has 0 aliphatic carbocycles. The molecular formula is C17H18ClN5O. The Morgan fingerprint density at radius 3 is 2.71 bits per heavy atom. The number of aryl methyl sites for hydroxylation is 2. The smallest absolute Gasteiger partial charge is 0.258 e. The van der Waals surface area contributed by atoms with Crippen molar-refractivity contribution in [1.29, 1.82) is 0 Å². The van der Waals surface area contributed by atoms with Gasteiger partial charge in [-0.2, -0.15) is 10.2 Å². The minimum absolute atomic E-state index is 0.202. The number of nitrogens with zero attached hydrogens (tertiary/aromatic N) is 4. The van der Waals surface area contributed by atoms with Gasteiger partial charge in [0, 0.05) is 18.3 Å². The molecule has 0 spiro atoms. The third-order valence-electron chi connectivity index (χ3n) is 3.87. The number of nitrogens with one attached hydrogen (secondary N) is 1. The van der Waals surface area contributed by atoms with E-state index in [-0.39, 0.29) is 5.91 Å². The van der Waals surface area contributed by atoms with E-state index >= 15 is 0 Å². The molecule has 0 atom stereocenters. The van der Waals surface area contributed by atoms with E-state index in [1.165, 1.54) is 6.20 Å². The van der Waals surface area contributed by atoms with Crippen molar-refractivity contribution in [2.24, 2.45) is 7.05 Å². The Kier molecular flexibility index (Phi) is 4.40. The molecule has 0 fully saturated rings. The number of hydrogen-bond acceptors (Lipinski definition) is 3. The lowest BCUT2D eigenvalue weighted by Crippen LogP contribution is -2.12. The summed E-state index contributed by atoms with van der Waals surface area (Å²) < 4.78 is 3.44. The van der Waals surface area contributed by atoms with Crippen LogP contribution in [0.2, 0.25) is 5.02 Å². The lowest BCUT2D eigenvalue weighted by Gasteiger charge is -2.08. The van der Waals surface area contributed by atoms with Gasteiger partial charge in [-0.05, 0) is 25.5 Å². The Hall–Kier alpha value is -2.60. The highest BCUT2D eigenvalue weighted by molar-refractivity contribution is 6.31. The van der Waals surface area contributed by atoms with E-state index < -0.39 is 0 Å². The summed E-state index contributed by atoms with van der Waals surface area (Å²) >= 11 is 6.22. The van der Waals surface area contributed by atoms with Gasteiger partial charge in [-0.3, -0.25) is 14.2 Å². The monoisotopic (exact) mass is 343 g/mol. The van der Waals surface area contributed by atoms with Crippen LogP contribution in [0.25, 0.3) is 0 Å². The highest BCUT2D eigenvalue weighted by atomic mass is 35.5. The predicted octanol–water partition coefficient (Wildman–Crippen LogP) is 3.19. The van der Waals surface area contributed by atoms with Gasteiger partial charge in [0.25, 0.3) is 5.91 Å². The number of carbonyl (C=O) groups is 1. The summed E-state index contributed by atoms with van der Waals surface area (Å²) in [5.41, 5.74) is 3.85.